The predicted octanol–water partition coefficient (Wildman–Crippen LogP) is 2.82. The molecule has 0 bridgehead atoms. The van der Waals surface area contributed by atoms with Crippen LogP contribution in [-0.2, 0) is 14.3 Å². The minimum atomic E-state index is -0.794. The Labute approximate surface area is 158 Å². The van der Waals surface area contributed by atoms with Gasteiger partial charge in [0.25, 0.3) is 0 Å². The van der Waals surface area contributed by atoms with E-state index in [9.17, 15) is 14.4 Å². The van der Waals surface area contributed by atoms with Gasteiger partial charge in [0.15, 0.2) is 0 Å². The van der Waals surface area contributed by atoms with Crippen LogP contribution in [0.5, 0.6) is 0 Å². The number of alkyl carbamates (subject to hydrolysis) is 1. The quantitative estimate of drug-likeness (QED) is 0.796. The Bertz CT molecular complexity index is 492. The van der Waals surface area contributed by atoms with Gasteiger partial charge >= 0.3 is 6.09 Å². The van der Waals surface area contributed by atoms with Crippen LogP contribution in [0.4, 0.5) is 4.79 Å². The van der Waals surface area contributed by atoms with E-state index in [2.05, 4.69) is 19.2 Å². The minimum absolute atomic E-state index is 0.301. The van der Waals surface area contributed by atoms with E-state index < -0.39 is 35.1 Å². The summed E-state index contributed by atoms with van der Waals surface area (Å²) in [5.74, 6) is -0.814. The molecule has 26 heavy (non-hydrogen) atoms. The average Bonchev–Trinajstić information content (AvgIpc) is 2.91. The van der Waals surface area contributed by atoms with E-state index in [4.69, 9.17) is 10.5 Å². The van der Waals surface area contributed by atoms with E-state index in [1.165, 1.54) is 11.3 Å². The average molecular weight is 372 g/mol. The van der Waals surface area contributed by atoms with Gasteiger partial charge in [0.1, 0.15) is 17.7 Å². The lowest BCUT2D eigenvalue weighted by Gasteiger charge is -2.35. The van der Waals surface area contributed by atoms with Crippen molar-refractivity contribution in [3.05, 3.63) is 0 Å². The number of rotatable bonds is 3. The standard InChI is InChI=1S/C16H29N3O4.C3H8/c1-15(2,3)11(18-14(22)23-16(4,5)6)13(21)19-9-7-8-10(19)12(17)20;1-3-2/h10-11H,7-9H2,1-6H3,(H2,17,20)(H,18,22);3H2,1-2H3. The van der Waals surface area contributed by atoms with Crippen molar-refractivity contribution in [2.45, 2.75) is 92.3 Å². The maximum Gasteiger partial charge on any atom is 0.408 e. The second-order valence-corrected chi connectivity index (χ2v) is 8.74. The number of hydrogen-bond donors (Lipinski definition) is 2. The lowest BCUT2D eigenvalue weighted by Crippen LogP contribution is -2.57. The van der Waals surface area contributed by atoms with Gasteiger partial charge in [0.2, 0.25) is 11.8 Å². The van der Waals surface area contributed by atoms with Gasteiger partial charge in [-0.2, -0.15) is 0 Å². The van der Waals surface area contributed by atoms with E-state index in [0.29, 0.717) is 13.0 Å². The number of nitrogens with zero attached hydrogens (tertiary/aromatic N) is 1. The summed E-state index contributed by atoms with van der Waals surface area (Å²) in [4.78, 5) is 37.9. The molecule has 0 aromatic heterocycles. The molecule has 3 N–H and O–H groups in total. The first-order valence-electron chi connectivity index (χ1n) is 9.33. The van der Waals surface area contributed by atoms with Gasteiger partial charge in [-0.05, 0) is 39.0 Å². The van der Waals surface area contributed by atoms with Crippen LogP contribution in [0.3, 0.4) is 0 Å². The molecule has 7 heteroatoms. The van der Waals surface area contributed by atoms with E-state index in [0.717, 1.165) is 6.42 Å². The molecule has 3 amide bonds. The smallest absolute Gasteiger partial charge is 0.408 e. The van der Waals surface area contributed by atoms with Crippen LogP contribution in [0, 0.1) is 5.41 Å². The summed E-state index contributed by atoms with van der Waals surface area (Å²) in [5.41, 5.74) is 4.19. The van der Waals surface area contributed by atoms with Gasteiger partial charge in [-0.1, -0.05) is 41.0 Å². The topological polar surface area (TPSA) is 102 Å². The van der Waals surface area contributed by atoms with Crippen molar-refractivity contribution in [3.63, 3.8) is 0 Å². The number of hydrogen-bond acceptors (Lipinski definition) is 4. The largest absolute Gasteiger partial charge is 0.444 e. The highest BCUT2D eigenvalue weighted by molar-refractivity contribution is 5.91. The molecule has 1 saturated heterocycles. The number of primary amides is 1. The molecule has 1 fully saturated rings. The van der Waals surface area contributed by atoms with Gasteiger partial charge < -0.3 is 20.7 Å². The molecule has 0 aromatic rings. The lowest BCUT2D eigenvalue weighted by atomic mass is 9.85. The van der Waals surface area contributed by atoms with Gasteiger partial charge in [0.05, 0.1) is 0 Å². The third-order valence-corrected chi connectivity index (χ3v) is 3.64. The van der Waals surface area contributed by atoms with E-state index in [-0.39, 0.29) is 5.91 Å². The fourth-order valence-corrected chi connectivity index (χ4v) is 2.57. The second kappa shape index (κ2) is 9.78. The lowest BCUT2D eigenvalue weighted by molar-refractivity contribution is -0.141. The van der Waals surface area contributed by atoms with Crippen LogP contribution in [0.2, 0.25) is 0 Å². The molecule has 2 unspecified atom stereocenters. The fourth-order valence-electron chi connectivity index (χ4n) is 2.57. The number of amides is 3. The van der Waals surface area contributed by atoms with Gasteiger partial charge in [0, 0.05) is 6.54 Å². The summed E-state index contributed by atoms with van der Waals surface area (Å²) >= 11 is 0. The Hall–Kier alpha value is -1.79. The van der Waals surface area contributed by atoms with Crippen LogP contribution < -0.4 is 11.1 Å². The van der Waals surface area contributed by atoms with Crippen LogP contribution in [-0.4, -0.2) is 47.0 Å². The van der Waals surface area contributed by atoms with Crippen molar-refractivity contribution in [2.24, 2.45) is 11.1 Å². The molecule has 1 aliphatic rings. The molecule has 152 valence electrons. The molecule has 1 heterocycles. The Morgan fingerprint density at radius 3 is 2.04 bits per heavy atom. The third-order valence-electron chi connectivity index (χ3n) is 3.64. The van der Waals surface area contributed by atoms with Gasteiger partial charge in [-0.25, -0.2) is 4.79 Å². The first kappa shape index (κ1) is 24.2. The second-order valence-electron chi connectivity index (χ2n) is 8.74. The Morgan fingerprint density at radius 2 is 1.65 bits per heavy atom. The maximum atomic E-state index is 12.9. The predicted molar refractivity (Wildman–Crippen MR) is 103 cm³/mol. The molecule has 0 spiro atoms. The Morgan fingerprint density at radius 1 is 1.15 bits per heavy atom. The molecule has 1 rings (SSSR count). The van der Waals surface area contributed by atoms with E-state index in [1.807, 2.05) is 20.8 Å². The van der Waals surface area contributed by atoms with E-state index in [1.54, 1.807) is 20.8 Å². The van der Waals surface area contributed by atoms with Crippen molar-refractivity contribution in [3.8, 4) is 0 Å². The number of likely N-dealkylation sites (tertiary alicyclic amines) is 1. The zero-order valence-corrected chi connectivity index (χ0v) is 17.6. The van der Waals surface area contributed by atoms with Crippen LogP contribution in [0.15, 0.2) is 0 Å². The summed E-state index contributed by atoms with van der Waals surface area (Å²) in [6.07, 6.45) is 1.88. The van der Waals surface area contributed by atoms with Crippen molar-refractivity contribution < 1.29 is 19.1 Å². The summed E-state index contributed by atoms with van der Waals surface area (Å²) in [7, 11) is 0. The third kappa shape index (κ3) is 8.06. The number of ether oxygens (including phenoxy) is 1. The highest BCUT2D eigenvalue weighted by Gasteiger charge is 2.41. The van der Waals surface area contributed by atoms with Gasteiger partial charge in [-0.15, -0.1) is 0 Å². The van der Waals surface area contributed by atoms with Crippen molar-refractivity contribution in [1.29, 1.82) is 0 Å². The highest BCUT2D eigenvalue weighted by atomic mass is 16.6. The molecule has 2 atom stereocenters. The molecule has 0 saturated carbocycles. The monoisotopic (exact) mass is 371 g/mol. The zero-order chi connectivity index (χ0) is 20.7. The normalized spacial score (nSPS) is 18.5. The van der Waals surface area contributed by atoms with Crippen LogP contribution in [0.25, 0.3) is 0 Å². The SMILES string of the molecule is CC(C)(C)OC(=O)NC(C(=O)N1CCCC1C(N)=O)C(C)(C)C.CCC. The van der Waals surface area contributed by atoms with Crippen LogP contribution in [0.1, 0.15) is 74.7 Å². The summed E-state index contributed by atoms with van der Waals surface area (Å²) < 4.78 is 5.24. The molecule has 0 radical (unpaired) electrons. The van der Waals surface area contributed by atoms with Crippen LogP contribution >= 0.6 is 0 Å². The first-order valence-corrected chi connectivity index (χ1v) is 9.33. The number of carbonyl (C=O) groups excluding carboxylic acids is 3. The molecular weight excluding hydrogens is 334 g/mol. The minimum Gasteiger partial charge on any atom is -0.444 e. The number of nitrogens with one attached hydrogen (secondary N) is 1. The van der Waals surface area contributed by atoms with E-state index >= 15 is 0 Å². The molecule has 7 nitrogen and oxygen atoms in total. The molecular formula is C19H37N3O4. The maximum absolute atomic E-state index is 12.9. The molecule has 0 aliphatic carbocycles. The highest BCUT2D eigenvalue weighted by Crippen LogP contribution is 2.26. The zero-order valence-electron chi connectivity index (χ0n) is 17.6. The summed E-state index contributed by atoms with van der Waals surface area (Å²) in [5, 5.41) is 2.65. The van der Waals surface area contributed by atoms with Crippen molar-refractivity contribution in [2.75, 3.05) is 6.54 Å². The number of nitrogens with two attached hydrogens (primary N) is 1. The summed E-state index contributed by atoms with van der Waals surface area (Å²) in [6.45, 7) is 15.5. The van der Waals surface area contributed by atoms with Gasteiger partial charge in [-0.3, -0.25) is 9.59 Å². The van der Waals surface area contributed by atoms with Crippen molar-refractivity contribution >= 4 is 17.9 Å². The Balaban J connectivity index is 0.00000194. The molecule has 0 aromatic carbocycles. The first-order chi connectivity index (χ1) is 11.7. The molecule has 1 aliphatic heterocycles. The van der Waals surface area contributed by atoms with Crippen molar-refractivity contribution in [1.82, 2.24) is 10.2 Å². The number of carbonyl (C=O) groups is 3. The Kier molecular flexibility index (Phi) is 9.11. The fraction of sp³-hybridized carbons (Fsp3) is 0.842. The summed E-state index contributed by atoms with van der Waals surface area (Å²) in [6, 6.07) is -1.40.